The minimum atomic E-state index is 0.654. The van der Waals surface area contributed by atoms with E-state index in [1.807, 2.05) is 31.2 Å². The Kier molecular flexibility index (Phi) is 4.03. The lowest BCUT2D eigenvalue weighted by Gasteiger charge is -2.04. The molecule has 17 heavy (non-hydrogen) atoms. The minimum Gasteiger partial charge on any atom is -0.493 e. The third kappa shape index (κ3) is 3.78. The second-order valence-electron chi connectivity index (χ2n) is 3.71. The number of hydrogen-bond donors (Lipinski definition) is 1. The van der Waals surface area contributed by atoms with Crippen molar-refractivity contribution in [2.45, 2.75) is 19.0 Å². The van der Waals surface area contributed by atoms with Crippen LogP contribution in [0.2, 0.25) is 0 Å². The van der Waals surface area contributed by atoms with Gasteiger partial charge in [-0.1, -0.05) is 29.5 Å². The van der Waals surface area contributed by atoms with Crippen LogP contribution in [0.1, 0.15) is 11.4 Å². The topological polar surface area (TPSA) is 50.8 Å². The maximum atomic E-state index is 5.60. The largest absolute Gasteiger partial charge is 0.493 e. The summed E-state index contributed by atoms with van der Waals surface area (Å²) in [7, 11) is 0. The first-order chi connectivity index (χ1) is 8.24. The SMILES string of the molecule is Cc1ccc(OCCSc2n[nH]c(C)n2)cc1. The van der Waals surface area contributed by atoms with Crippen molar-refractivity contribution in [3.05, 3.63) is 35.7 Å². The van der Waals surface area contributed by atoms with Crippen molar-refractivity contribution in [2.75, 3.05) is 12.4 Å². The van der Waals surface area contributed by atoms with E-state index in [2.05, 4.69) is 22.1 Å². The van der Waals surface area contributed by atoms with Crippen LogP contribution in [0.25, 0.3) is 0 Å². The van der Waals surface area contributed by atoms with Gasteiger partial charge in [-0.25, -0.2) is 4.98 Å². The molecule has 90 valence electrons. The van der Waals surface area contributed by atoms with E-state index < -0.39 is 0 Å². The van der Waals surface area contributed by atoms with E-state index in [1.165, 1.54) is 5.56 Å². The fourth-order valence-electron chi connectivity index (χ4n) is 1.31. The average Bonchev–Trinajstić information content (AvgIpc) is 2.73. The molecule has 1 aromatic carbocycles. The first-order valence-corrected chi connectivity index (χ1v) is 6.44. The zero-order valence-electron chi connectivity index (χ0n) is 9.93. The molecule has 0 saturated carbocycles. The molecule has 1 N–H and O–H groups in total. The van der Waals surface area contributed by atoms with E-state index in [9.17, 15) is 0 Å². The van der Waals surface area contributed by atoms with E-state index in [-0.39, 0.29) is 0 Å². The van der Waals surface area contributed by atoms with Crippen molar-refractivity contribution in [3.8, 4) is 5.75 Å². The number of aromatic amines is 1. The normalized spacial score (nSPS) is 10.5. The molecule has 1 aromatic heterocycles. The van der Waals surface area contributed by atoms with Gasteiger partial charge in [-0.2, -0.15) is 0 Å². The number of nitrogens with one attached hydrogen (secondary N) is 1. The summed E-state index contributed by atoms with van der Waals surface area (Å²) in [6, 6.07) is 8.05. The Morgan fingerprint density at radius 2 is 2.00 bits per heavy atom. The zero-order chi connectivity index (χ0) is 12.1. The Hall–Kier alpha value is -1.49. The summed E-state index contributed by atoms with van der Waals surface area (Å²) in [4.78, 5) is 4.21. The summed E-state index contributed by atoms with van der Waals surface area (Å²) in [5.41, 5.74) is 1.24. The molecule has 0 fully saturated rings. The van der Waals surface area contributed by atoms with E-state index in [4.69, 9.17) is 4.74 Å². The Labute approximate surface area is 105 Å². The van der Waals surface area contributed by atoms with Crippen LogP contribution < -0.4 is 4.74 Å². The van der Waals surface area contributed by atoms with Crippen LogP contribution in [-0.2, 0) is 0 Å². The maximum Gasteiger partial charge on any atom is 0.208 e. The van der Waals surface area contributed by atoms with Gasteiger partial charge in [0.25, 0.3) is 0 Å². The Balaban J connectivity index is 1.71. The Morgan fingerprint density at radius 1 is 1.24 bits per heavy atom. The Morgan fingerprint density at radius 3 is 2.65 bits per heavy atom. The molecular weight excluding hydrogens is 234 g/mol. The van der Waals surface area contributed by atoms with Crippen molar-refractivity contribution in [3.63, 3.8) is 0 Å². The van der Waals surface area contributed by atoms with Crippen molar-refractivity contribution in [1.29, 1.82) is 0 Å². The summed E-state index contributed by atoms with van der Waals surface area (Å²) in [6.07, 6.45) is 0. The fraction of sp³-hybridized carbons (Fsp3) is 0.333. The third-order valence-corrected chi connectivity index (χ3v) is 2.99. The molecule has 0 atom stereocenters. The van der Waals surface area contributed by atoms with Gasteiger partial charge in [0.15, 0.2) is 0 Å². The lowest BCUT2D eigenvalue weighted by molar-refractivity contribution is 0.344. The maximum absolute atomic E-state index is 5.60. The summed E-state index contributed by atoms with van der Waals surface area (Å²) in [6.45, 7) is 4.60. The van der Waals surface area contributed by atoms with Gasteiger partial charge in [0, 0.05) is 5.75 Å². The van der Waals surface area contributed by atoms with E-state index in [1.54, 1.807) is 11.8 Å². The van der Waals surface area contributed by atoms with E-state index >= 15 is 0 Å². The van der Waals surface area contributed by atoms with Gasteiger partial charge in [0.1, 0.15) is 11.6 Å². The van der Waals surface area contributed by atoms with Crippen LogP contribution in [0.4, 0.5) is 0 Å². The van der Waals surface area contributed by atoms with Crippen LogP contribution in [0.15, 0.2) is 29.4 Å². The summed E-state index contributed by atoms with van der Waals surface area (Å²) in [5, 5.41) is 7.63. The molecule has 2 aromatic rings. The number of aromatic nitrogens is 3. The predicted octanol–water partition coefficient (Wildman–Crippen LogP) is 2.59. The van der Waals surface area contributed by atoms with Crippen molar-refractivity contribution in [1.82, 2.24) is 15.2 Å². The van der Waals surface area contributed by atoms with Gasteiger partial charge >= 0.3 is 0 Å². The van der Waals surface area contributed by atoms with Gasteiger partial charge < -0.3 is 4.74 Å². The van der Waals surface area contributed by atoms with Crippen molar-refractivity contribution < 1.29 is 4.74 Å². The molecule has 0 unspecified atom stereocenters. The lowest BCUT2D eigenvalue weighted by atomic mass is 10.2. The molecule has 0 bridgehead atoms. The molecule has 1 heterocycles. The first kappa shape index (κ1) is 12.0. The highest BCUT2D eigenvalue weighted by Gasteiger charge is 2.00. The highest BCUT2D eigenvalue weighted by atomic mass is 32.2. The molecule has 0 amide bonds. The van der Waals surface area contributed by atoms with Gasteiger partial charge in [-0.05, 0) is 26.0 Å². The molecule has 0 aliphatic carbocycles. The van der Waals surface area contributed by atoms with Gasteiger partial charge in [-0.3, -0.25) is 5.10 Å². The molecule has 0 radical (unpaired) electrons. The first-order valence-electron chi connectivity index (χ1n) is 5.45. The highest BCUT2D eigenvalue weighted by Crippen LogP contribution is 2.14. The molecular formula is C12H15N3OS. The van der Waals surface area contributed by atoms with Gasteiger partial charge in [0.2, 0.25) is 5.16 Å². The smallest absolute Gasteiger partial charge is 0.208 e. The lowest BCUT2D eigenvalue weighted by Crippen LogP contribution is -2.00. The molecule has 0 spiro atoms. The second-order valence-corrected chi connectivity index (χ2v) is 4.78. The minimum absolute atomic E-state index is 0.654. The summed E-state index contributed by atoms with van der Waals surface area (Å²) in [5.74, 6) is 2.58. The predicted molar refractivity (Wildman–Crippen MR) is 68.5 cm³/mol. The van der Waals surface area contributed by atoms with Crippen LogP contribution in [0, 0.1) is 13.8 Å². The number of H-pyrrole nitrogens is 1. The molecule has 0 saturated heterocycles. The summed E-state index contributed by atoms with van der Waals surface area (Å²) >= 11 is 1.59. The number of thioether (sulfide) groups is 1. The fourth-order valence-corrected chi connectivity index (χ4v) is 1.97. The van der Waals surface area contributed by atoms with Gasteiger partial charge in [0.05, 0.1) is 6.61 Å². The van der Waals surface area contributed by atoms with Crippen molar-refractivity contribution >= 4 is 11.8 Å². The number of nitrogens with zero attached hydrogens (tertiary/aromatic N) is 2. The highest BCUT2D eigenvalue weighted by molar-refractivity contribution is 7.99. The quantitative estimate of drug-likeness (QED) is 0.653. The Bertz CT molecular complexity index is 467. The van der Waals surface area contributed by atoms with Crippen LogP contribution in [0.5, 0.6) is 5.75 Å². The number of benzene rings is 1. The van der Waals surface area contributed by atoms with Gasteiger partial charge in [-0.15, -0.1) is 5.10 Å². The van der Waals surface area contributed by atoms with Crippen LogP contribution in [0.3, 0.4) is 0 Å². The van der Waals surface area contributed by atoms with E-state index in [0.717, 1.165) is 22.5 Å². The van der Waals surface area contributed by atoms with Crippen molar-refractivity contribution in [2.24, 2.45) is 0 Å². The average molecular weight is 249 g/mol. The molecule has 4 nitrogen and oxygen atoms in total. The number of ether oxygens (including phenoxy) is 1. The van der Waals surface area contributed by atoms with Crippen LogP contribution >= 0.6 is 11.8 Å². The summed E-state index contributed by atoms with van der Waals surface area (Å²) < 4.78 is 5.60. The molecule has 0 aliphatic heterocycles. The van der Waals surface area contributed by atoms with Crippen LogP contribution in [-0.4, -0.2) is 27.5 Å². The molecule has 2 rings (SSSR count). The zero-order valence-corrected chi connectivity index (χ0v) is 10.8. The number of aryl methyl sites for hydroxylation is 2. The van der Waals surface area contributed by atoms with E-state index in [0.29, 0.717) is 6.61 Å². The monoisotopic (exact) mass is 249 g/mol. The molecule has 0 aliphatic rings. The second kappa shape index (κ2) is 5.72. The standard InChI is InChI=1S/C12H15N3OS/c1-9-3-5-11(6-4-9)16-7-8-17-12-13-10(2)14-15-12/h3-6H,7-8H2,1-2H3,(H,13,14,15). The third-order valence-electron chi connectivity index (χ3n) is 2.18. The number of hydrogen-bond acceptors (Lipinski definition) is 4. The molecule has 5 heteroatoms. The number of rotatable bonds is 5.